The maximum absolute atomic E-state index is 3.88. The fourth-order valence-electron chi connectivity index (χ4n) is 6.28. The molecule has 6 rings (SSSR count). The van der Waals surface area contributed by atoms with Crippen molar-refractivity contribution >= 4 is 84.4 Å². The van der Waals surface area contributed by atoms with Crippen LogP contribution < -0.4 is 31.8 Å². The van der Waals surface area contributed by atoms with E-state index in [4.69, 9.17) is 0 Å². The van der Waals surface area contributed by atoms with E-state index < -0.39 is 8.49 Å². The van der Waals surface area contributed by atoms with E-state index in [0.717, 1.165) is 12.3 Å². The van der Waals surface area contributed by atoms with Crippen molar-refractivity contribution in [3.05, 3.63) is 182 Å². The minimum absolute atomic E-state index is 0.756. The van der Waals surface area contributed by atoms with Crippen LogP contribution in [0.1, 0.15) is 0 Å². The minimum atomic E-state index is -3.00. The standard InChI is InChI=1S/C40H34I2P2/c41-43(35-21-7-1-8-22-35,36-23-9-2-10-24-36,37-25-11-3-12-26-37)33-19-20-34-44(42,38-27-13-4-14-28-38,39-29-15-5-16-30-39)40-31-17-6-18-32-40/h1-18,21-32H,33-34H2. The Morgan fingerprint density at radius 2 is 0.455 bits per heavy atom. The third-order valence-corrected chi connectivity index (χ3v) is 30.5. The van der Waals surface area contributed by atoms with Crippen molar-refractivity contribution in [1.82, 2.24) is 0 Å². The molecule has 0 heterocycles. The molecular weight excluding hydrogens is 796 g/mol. The van der Waals surface area contributed by atoms with Crippen LogP contribution in [0.3, 0.4) is 0 Å². The molecule has 6 aromatic carbocycles. The second-order valence-electron chi connectivity index (χ2n) is 11.0. The first kappa shape index (κ1) is 31.2. The SMILES string of the molecule is IP(CC#CCP(I)(c1ccccc1)(c1ccccc1)c1ccccc1)(c1ccccc1)(c1ccccc1)c1ccccc1. The molecule has 0 amide bonds. The third-order valence-electron chi connectivity index (χ3n) is 8.64. The Labute approximate surface area is 288 Å². The quantitative estimate of drug-likeness (QED) is 0.0819. The normalized spacial score (nSPS) is 13.3. The van der Waals surface area contributed by atoms with Crippen LogP contribution in [0, 0.1) is 11.8 Å². The van der Waals surface area contributed by atoms with Gasteiger partial charge in [0.15, 0.2) is 0 Å². The van der Waals surface area contributed by atoms with Gasteiger partial charge in [0.25, 0.3) is 0 Å². The molecule has 0 atom stereocenters. The topological polar surface area (TPSA) is 0 Å². The average molecular weight is 830 g/mol. The Kier molecular flexibility index (Phi) is 9.15. The summed E-state index contributed by atoms with van der Waals surface area (Å²) in [6, 6.07) is 66.4. The predicted molar refractivity (Wildman–Crippen MR) is 216 cm³/mol. The molecular formula is C40H34I2P2. The summed E-state index contributed by atoms with van der Waals surface area (Å²) in [6.45, 7) is 0. The van der Waals surface area contributed by atoms with Gasteiger partial charge in [0.1, 0.15) is 0 Å². The molecule has 0 aliphatic carbocycles. The van der Waals surface area contributed by atoms with Gasteiger partial charge in [-0.1, -0.05) is 0 Å². The van der Waals surface area contributed by atoms with E-state index in [0.29, 0.717) is 0 Å². The van der Waals surface area contributed by atoms with Crippen LogP contribution in [0.15, 0.2) is 182 Å². The van der Waals surface area contributed by atoms with Gasteiger partial charge in [0, 0.05) is 0 Å². The van der Waals surface area contributed by atoms with Crippen molar-refractivity contribution in [2.45, 2.75) is 0 Å². The molecule has 0 nitrogen and oxygen atoms in total. The Morgan fingerprint density at radius 1 is 0.295 bits per heavy atom. The van der Waals surface area contributed by atoms with E-state index in [2.05, 4.69) is 238 Å². The van der Waals surface area contributed by atoms with E-state index >= 15 is 0 Å². The van der Waals surface area contributed by atoms with Crippen molar-refractivity contribution in [3.8, 4) is 11.8 Å². The number of hydrogen-bond donors (Lipinski definition) is 0. The molecule has 0 unspecified atom stereocenters. The molecule has 0 saturated carbocycles. The third kappa shape index (κ3) is 5.27. The van der Waals surface area contributed by atoms with Gasteiger partial charge in [-0.15, -0.1) is 0 Å². The van der Waals surface area contributed by atoms with E-state index in [1.165, 1.54) is 31.8 Å². The van der Waals surface area contributed by atoms with Crippen LogP contribution in [0.4, 0.5) is 0 Å². The van der Waals surface area contributed by atoms with Gasteiger partial charge in [-0.25, -0.2) is 0 Å². The van der Waals surface area contributed by atoms with Gasteiger partial charge in [0.2, 0.25) is 0 Å². The monoisotopic (exact) mass is 830 g/mol. The summed E-state index contributed by atoms with van der Waals surface area (Å²) in [5.74, 6) is 7.76. The summed E-state index contributed by atoms with van der Waals surface area (Å²) in [7, 11) is 0. The first-order valence-electron chi connectivity index (χ1n) is 14.7. The summed E-state index contributed by atoms with van der Waals surface area (Å²) >= 11 is 5.68. The molecule has 0 radical (unpaired) electrons. The van der Waals surface area contributed by atoms with E-state index in [1.54, 1.807) is 0 Å². The molecule has 0 fully saturated rings. The summed E-state index contributed by atoms with van der Waals surface area (Å²) in [5, 5.41) is 8.12. The van der Waals surface area contributed by atoms with Gasteiger partial charge < -0.3 is 0 Å². The van der Waals surface area contributed by atoms with Crippen LogP contribution in [0.25, 0.3) is 0 Å². The van der Waals surface area contributed by atoms with Crippen LogP contribution in [0.2, 0.25) is 0 Å². The number of halogens is 2. The molecule has 0 aromatic heterocycles. The Balaban J connectivity index is 1.58. The molecule has 4 heteroatoms. The zero-order valence-corrected chi connectivity index (χ0v) is 30.5. The summed E-state index contributed by atoms with van der Waals surface area (Å²) < 4.78 is -5.99. The molecule has 218 valence electrons. The van der Waals surface area contributed by atoms with Gasteiger partial charge in [-0.05, 0) is 0 Å². The fraction of sp³-hybridized carbons (Fsp3) is 0.0500. The Morgan fingerprint density at radius 3 is 0.614 bits per heavy atom. The van der Waals surface area contributed by atoms with Crippen LogP contribution in [-0.2, 0) is 0 Å². The molecule has 44 heavy (non-hydrogen) atoms. The molecule has 6 aromatic rings. The number of rotatable bonds is 8. The Bertz CT molecular complexity index is 1550. The van der Waals surface area contributed by atoms with Gasteiger partial charge in [0.05, 0.1) is 0 Å². The van der Waals surface area contributed by atoms with Crippen LogP contribution in [-0.4, -0.2) is 12.3 Å². The van der Waals surface area contributed by atoms with E-state index in [-0.39, 0.29) is 0 Å². The number of hydrogen-bond acceptors (Lipinski definition) is 0. The van der Waals surface area contributed by atoms with E-state index in [9.17, 15) is 0 Å². The van der Waals surface area contributed by atoms with Gasteiger partial charge in [-0.3, -0.25) is 0 Å². The zero-order valence-electron chi connectivity index (χ0n) is 24.4. The second kappa shape index (κ2) is 12.9. The first-order valence-corrected chi connectivity index (χ1v) is 25.1. The van der Waals surface area contributed by atoms with Gasteiger partial charge >= 0.3 is 291 Å². The molecule has 0 aliphatic heterocycles. The Hall–Kier alpha value is -2.80. The fourth-order valence-corrected chi connectivity index (χ4v) is 21.6. The van der Waals surface area contributed by atoms with Crippen molar-refractivity contribution in [3.63, 3.8) is 0 Å². The molecule has 0 spiro atoms. The van der Waals surface area contributed by atoms with Crippen molar-refractivity contribution in [2.75, 3.05) is 12.3 Å². The predicted octanol–water partition coefficient (Wildman–Crippen LogP) is 8.75. The number of benzene rings is 6. The van der Waals surface area contributed by atoms with Crippen molar-refractivity contribution in [2.24, 2.45) is 0 Å². The molecule has 0 aliphatic rings. The van der Waals surface area contributed by atoms with E-state index in [1.807, 2.05) is 0 Å². The molecule has 0 saturated heterocycles. The molecule has 0 bridgehead atoms. The second-order valence-corrected chi connectivity index (χ2v) is 32.3. The first-order chi connectivity index (χ1) is 21.5. The molecule has 0 N–H and O–H groups in total. The van der Waals surface area contributed by atoms with Crippen molar-refractivity contribution in [1.29, 1.82) is 0 Å². The summed E-state index contributed by atoms with van der Waals surface area (Å²) in [4.78, 5) is 0. The summed E-state index contributed by atoms with van der Waals surface area (Å²) in [5.41, 5.74) is 0. The van der Waals surface area contributed by atoms with Crippen LogP contribution in [0.5, 0.6) is 0 Å². The summed E-state index contributed by atoms with van der Waals surface area (Å²) in [6.07, 6.45) is 1.51. The van der Waals surface area contributed by atoms with Crippen molar-refractivity contribution < 1.29 is 0 Å². The zero-order chi connectivity index (χ0) is 30.4. The average Bonchev–Trinajstić information content (AvgIpc) is 3.12. The maximum atomic E-state index is 3.88. The van der Waals surface area contributed by atoms with Gasteiger partial charge in [-0.2, -0.15) is 0 Å². The van der Waals surface area contributed by atoms with Crippen LogP contribution >= 0.6 is 52.6 Å².